The van der Waals surface area contributed by atoms with E-state index in [9.17, 15) is 13.2 Å². The largest absolute Gasteiger partial charge is 0.325 e. The average molecular weight is 368 g/mol. The van der Waals surface area contributed by atoms with Crippen molar-refractivity contribution in [2.45, 2.75) is 56.8 Å². The van der Waals surface area contributed by atoms with Crippen LogP contribution in [0.1, 0.15) is 51.9 Å². The number of anilines is 1. The molecule has 0 spiro atoms. The Morgan fingerprint density at radius 3 is 2.28 bits per heavy atom. The number of rotatable bonds is 7. The van der Waals surface area contributed by atoms with Gasteiger partial charge < -0.3 is 10.2 Å². The van der Waals surface area contributed by atoms with Crippen molar-refractivity contribution < 1.29 is 13.2 Å². The number of benzene rings is 1. The number of nitrogens with zero attached hydrogens (tertiary/aromatic N) is 1. The van der Waals surface area contributed by atoms with Gasteiger partial charge in [0.15, 0.2) is 0 Å². The summed E-state index contributed by atoms with van der Waals surface area (Å²) in [6, 6.07) is 6.21. The van der Waals surface area contributed by atoms with Crippen molar-refractivity contribution >= 4 is 21.7 Å². The molecule has 1 aromatic rings. The van der Waals surface area contributed by atoms with Gasteiger partial charge >= 0.3 is 6.03 Å². The fourth-order valence-electron chi connectivity index (χ4n) is 2.86. The quantitative estimate of drug-likeness (QED) is 0.723. The van der Waals surface area contributed by atoms with Crippen molar-refractivity contribution in [3.63, 3.8) is 0 Å². The van der Waals surface area contributed by atoms with Crippen molar-refractivity contribution in [3.05, 3.63) is 24.3 Å². The zero-order valence-electron chi connectivity index (χ0n) is 15.0. The molecule has 0 aromatic heterocycles. The maximum Gasteiger partial charge on any atom is 0.321 e. The van der Waals surface area contributed by atoms with Gasteiger partial charge in [0.2, 0.25) is 10.0 Å². The number of likely N-dealkylation sites (tertiary alicyclic amines) is 1. The number of hydrogen-bond donors (Lipinski definition) is 2. The normalized spacial score (nSPS) is 15.6. The highest BCUT2D eigenvalue weighted by Crippen LogP contribution is 2.16. The van der Waals surface area contributed by atoms with Crippen LogP contribution in [0.5, 0.6) is 0 Å². The third kappa shape index (κ3) is 6.32. The Balaban J connectivity index is 1.91. The van der Waals surface area contributed by atoms with Crippen molar-refractivity contribution in [2.75, 3.05) is 25.0 Å². The standard InChI is InChI=1S/C18H29N3O3S/c1-2-3-6-13-19-25(23,24)17-11-9-16(10-12-17)20-18(22)21-14-7-4-5-8-15-21/h9-12,19H,2-8,13-15H2,1H3,(H,20,22). The van der Waals surface area contributed by atoms with Crippen LogP contribution in [0.15, 0.2) is 29.2 Å². The molecule has 1 aliphatic rings. The second kappa shape index (κ2) is 9.77. The van der Waals surface area contributed by atoms with Gasteiger partial charge in [-0.2, -0.15) is 0 Å². The van der Waals surface area contributed by atoms with Crippen LogP contribution >= 0.6 is 0 Å². The van der Waals surface area contributed by atoms with Crippen LogP contribution in [-0.4, -0.2) is 39.0 Å². The van der Waals surface area contributed by atoms with E-state index in [1.807, 2.05) is 4.90 Å². The van der Waals surface area contributed by atoms with Crippen molar-refractivity contribution in [1.82, 2.24) is 9.62 Å². The van der Waals surface area contributed by atoms with Crippen LogP contribution in [0, 0.1) is 0 Å². The lowest BCUT2D eigenvalue weighted by molar-refractivity contribution is 0.214. The van der Waals surface area contributed by atoms with Crippen molar-refractivity contribution in [2.24, 2.45) is 0 Å². The molecule has 1 heterocycles. The third-order valence-corrected chi connectivity index (χ3v) is 5.86. The average Bonchev–Trinajstić information content (AvgIpc) is 2.89. The fourth-order valence-corrected chi connectivity index (χ4v) is 3.93. The number of urea groups is 1. The Morgan fingerprint density at radius 2 is 1.68 bits per heavy atom. The molecule has 6 nitrogen and oxygen atoms in total. The fraction of sp³-hybridized carbons (Fsp3) is 0.611. The molecule has 0 radical (unpaired) electrons. The van der Waals surface area contributed by atoms with Gasteiger partial charge in [-0.05, 0) is 43.5 Å². The maximum atomic E-state index is 12.3. The Bertz CT molecular complexity index is 636. The highest BCUT2D eigenvalue weighted by molar-refractivity contribution is 7.89. The van der Waals surface area contributed by atoms with Crippen molar-refractivity contribution in [3.8, 4) is 0 Å². The molecule has 2 rings (SSSR count). The first-order chi connectivity index (χ1) is 12.0. The Kier molecular flexibility index (Phi) is 7.71. The zero-order chi connectivity index (χ0) is 18.1. The monoisotopic (exact) mass is 367 g/mol. The van der Waals surface area contributed by atoms with Gasteiger partial charge in [-0.15, -0.1) is 0 Å². The molecule has 140 valence electrons. The summed E-state index contributed by atoms with van der Waals surface area (Å²) in [5, 5.41) is 2.85. The molecule has 7 heteroatoms. The minimum atomic E-state index is -3.48. The topological polar surface area (TPSA) is 78.5 Å². The minimum Gasteiger partial charge on any atom is -0.325 e. The number of carbonyl (C=O) groups excluding carboxylic acids is 1. The van der Waals surface area contributed by atoms with Gasteiger partial charge in [-0.25, -0.2) is 17.9 Å². The highest BCUT2D eigenvalue weighted by atomic mass is 32.2. The summed E-state index contributed by atoms with van der Waals surface area (Å²) in [6.07, 6.45) is 7.29. The summed E-state index contributed by atoms with van der Waals surface area (Å²) in [4.78, 5) is 14.3. The van der Waals surface area contributed by atoms with Gasteiger partial charge in [-0.1, -0.05) is 32.6 Å². The molecule has 1 saturated heterocycles. The third-order valence-electron chi connectivity index (χ3n) is 4.38. The molecule has 1 aliphatic heterocycles. The summed E-state index contributed by atoms with van der Waals surface area (Å²) in [6.45, 7) is 4.08. The van der Waals surface area contributed by atoms with Crippen molar-refractivity contribution in [1.29, 1.82) is 0 Å². The van der Waals surface area contributed by atoms with E-state index in [1.54, 1.807) is 12.1 Å². The molecule has 2 N–H and O–H groups in total. The Morgan fingerprint density at radius 1 is 1.04 bits per heavy atom. The number of amides is 2. The summed E-state index contributed by atoms with van der Waals surface area (Å²) in [5.74, 6) is 0. The van der Waals surface area contributed by atoms with Crippen LogP contribution < -0.4 is 10.0 Å². The summed E-state index contributed by atoms with van der Waals surface area (Å²) < 4.78 is 27.0. The van der Waals surface area contributed by atoms with Crippen LogP contribution in [0.2, 0.25) is 0 Å². The molecule has 0 aliphatic carbocycles. The second-order valence-electron chi connectivity index (χ2n) is 6.46. The number of unbranched alkanes of at least 4 members (excludes halogenated alkanes) is 2. The van der Waals surface area contributed by atoms with Gasteiger partial charge in [-0.3, -0.25) is 0 Å². The minimum absolute atomic E-state index is 0.116. The predicted octanol–water partition coefficient (Wildman–Crippen LogP) is 3.56. The van der Waals surface area contributed by atoms with E-state index in [-0.39, 0.29) is 10.9 Å². The first-order valence-corrected chi connectivity index (χ1v) is 10.7. The zero-order valence-corrected chi connectivity index (χ0v) is 15.8. The van der Waals surface area contributed by atoms with E-state index in [0.717, 1.165) is 45.2 Å². The molecule has 0 saturated carbocycles. The number of carbonyl (C=O) groups is 1. The SMILES string of the molecule is CCCCCNS(=O)(=O)c1ccc(NC(=O)N2CCCCCC2)cc1. The molecule has 2 amide bonds. The number of sulfonamides is 1. The smallest absolute Gasteiger partial charge is 0.321 e. The van der Waals surface area contributed by atoms with Crippen LogP contribution in [0.4, 0.5) is 10.5 Å². The van der Waals surface area contributed by atoms with Gasteiger partial charge in [0.05, 0.1) is 4.90 Å². The predicted molar refractivity (Wildman–Crippen MR) is 100 cm³/mol. The summed E-state index contributed by atoms with van der Waals surface area (Å²) in [7, 11) is -3.48. The highest BCUT2D eigenvalue weighted by Gasteiger charge is 2.16. The second-order valence-corrected chi connectivity index (χ2v) is 8.23. The molecule has 0 atom stereocenters. The Labute approximate surface area is 151 Å². The lowest BCUT2D eigenvalue weighted by atomic mass is 10.2. The molecular weight excluding hydrogens is 338 g/mol. The molecular formula is C18H29N3O3S. The first-order valence-electron chi connectivity index (χ1n) is 9.18. The number of nitrogens with one attached hydrogen (secondary N) is 2. The van der Waals surface area contributed by atoms with E-state index in [1.165, 1.54) is 25.0 Å². The van der Waals surface area contributed by atoms with Gasteiger partial charge in [0.25, 0.3) is 0 Å². The lowest BCUT2D eigenvalue weighted by Crippen LogP contribution is -2.35. The first kappa shape index (κ1) is 19.7. The van der Waals surface area contributed by atoms with E-state index >= 15 is 0 Å². The van der Waals surface area contributed by atoms with Crippen LogP contribution in [-0.2, 0) is 10.0 Å². The van der Waals surface area contributed by atoms with E-state index in [2.05, 4.69) is 17.0 Å². The molecule has 0 bridgehead atoms. The van der Waals surface area contributed by atoms with E-state index in [0.29, 0.717) is 12.2 Å². The summed E-state index contributed by atoms with van der Waals surface area (Å²) in [5.41, 5.74) is 0.610. The van der Waals surface area contributed by atoms with Crippen LogP contribution in [0.25, 0.3) is 0 Å². The molecule has 1 aromatic carbocycles. The van der Waals surface area contributed by atoms with Crippen LogP contribution in [0.3, 0.4) is 0 Å². The van der Waals surface area contributed by atoms with E-state index in [4.69, 9.17) is 0 Å². The molecule has 25 heavy (non-hydrogen) atoms. The lowest BCUT2D eigenvalue weighted by Gasteiger charge is -2.20. The molecule has 0 unspecified atom stereocenters. The Hall–Kier alpha value is -1.60. The maximum absolute atomic E-state index is 12.3. The van der Waals surface area contributed by atoms with Gasteiger partial charge in [0.1, 0.15) is 0 Å². The molecule has 1 fully saturated rings. The summed E-state index contributed by atoms with van der Waals surface area (Å²) >= 11 is 0. The van der Waals surface area contributed by atoms with Gasteiger partial charge in [0, 0.05) is 25.3 Å². The number of hydrogen-bond acceptors (Lipinski definition) is 3. The van der Waals surface area contributed by atoms with E-state index < -0.39 is 10.0 Å².